The van der Waals surface area contributed by atoms with Gasteiger partial charge in [0.25, 0.3) is 0 Å². The van der Waals surface area contributed by atoms with Crippen LogP contribution in [-0.2, 0) is 14.3 Å². The molecule has 1 heterocycles. The van der Waals surface area contributed by atoms with Crippen LogP contribution in [0.2, 0.25) is 0 Å². The van der Waals surface area contributed by atoms with Crippen LogP contribution in [-0.4, -0.2) is 26.2 Å². The molecule has 4 aromatic rings. The Bertz CT molecular complexity index is 1630. The van der Waals surface area contributed by atoms with E-state index in [0.717, 1.165) is 44.5 Å². The van der Waals surface area contributed by atoms with Crippen molar-refractivity contribution in [3.63, 3.8) is 0 Å². The number of hydrogen-bond acceptors (Lipinski definition) is 5. The normalized spacial score (nSPS) is 31.3. The van der Waals surface area contributed by atoms with Gasteiger partial charge in [-0.15, -0.1) is 0 Å². The molecule has 0 saturated carbocycles. The molecule has 0 aromatic heterocycles. The van der Waals surface area contributed by atoms with Crippen LogP contribution in [0.15, 0.2) is 84.9 Å². The van der Waals surface area contributed by atoms with Gasteiger partial charge in [0.05, 0.1) is 14.2 Å². The maximum atomic E-state index is 14.6. The maximum absolute atomic E-state index is 14.6. The van der Waals surface area contributed by atoms with Gasteiger partial charge in [0, 0.05) is 34.8 Å². The van der Waals surface area contributed by atoms with E-state index >= 15 is 0 Å². The Morgan fingerprint density at radius 1 is 0.513 bits per heavy atom. The average Bonchev–Trinajstić information content (AvgIpc) is 3.24. The number of carbonyl (C=O) groups is 2. The summed E-state index contributed by atoms with van der Waals surface area (Å²) in [4.78, 5) is 29.3. The molecule has 190 valence electrons. The van der Waals surface area contributed by atoms with Gasteiger partial charge >= 0.3 is 11.9 Å². The first kappa shape index (κ1) is 21.5. The Labute approximate surface area is 225 Å². The van der Waals surface area contributed by atoms with Gasteiger partial charge in [-0.2, -0.15) is 0 Å². The number of carbonyl (C=O) groups excluding carboxylic acids is 2. The van der Waals surface area contributed by atoms with Gasteiger partial charge in [-0.05, 0) is 45.5 Å². The van der Waals surface area contributed by atoms with E-state index in [0.29, 0.717) is 11.5 Å². The molecule has 1 aliphatic heterocycles. The van der Waals surface area contributed by atoms with Crippen molar-refractivity contribution in [3.8, 4) is 11.5 Å². The van der Waals surface area contributed by atoms with E-state index in [1.807, 2.05) is 48.5 Å². The molecule has 4 aromatic carbocycles. The van der Waals surface area contributed by atoms with Crippen LogP contribution >= 0.6 is 0 Å². The van der Waals surface area contributed by atoms with E-state index in [9.17, 15) is 9.59 Å². The summed E-state index contributed by atoms with van der Waals surface area (Å²) in [5.74, 6) is -1.05. The fourth-order valence-corrected chi connectivity index (χ4v) is 9.58. The third kappa shape index (κ3) is 1.97. The van der Waals surface area contributed by atoms with Crippen LogP contribution in [0.25, 0.3) is 0 Å². The highest BCUT2D eigenvalue weighted by Crippen LogP contribution is 2.86. The summed E-state index contributed by atoms with van der Waals surface area (Å²) in [6, 6.07) is 28.8. The van der Waals surface area contributed by atoms with E-state index < -0.39 is 34.6 Å². The summed E-state index contributed by atoms with van der Waals surface area (Å²) in [5, 5.41) is 0. The molecule has 1 saturated heterocycles. The SMILES string of the molecule is COc1ccc(OC)c2c1[C@@H]1c3ccccc3[C@H]2[C@]23C(=O)OC(=O)[C@]12C1c2ccccc2C3c2ccccc21. The van der Waals surface area contributed by atoms with Crippen molar-refractivity contribution in [3.05, 3.63) is 129 Å². The lowest BCUT2D eigenvalue weighted by atomic mass is 9.29. The van der Waals surface area contributed by atoms with Gasteiger partial charge in [0.15, 0.2) is 0 Å². The molecule has 5 heteroatoms. The molecule has 5 nitrogen and oxygen atoms in total. The van der Waals surface area contributed by atoms with Gasteiger partial charge in [-0.1, -0.05) is 72.8 Å². The minimum atomic E-state index is -1.16. The zero-order valence-electron chi connectivity index (χ0n) is 21.4. The highest BCUT2D eigenvalue weighted by molar-refractivity contribution is 6.09. The quantitative estimate of drug-likeness (QED) is 0.257. The predicted octanol–water partition coefficient (Wildman–Crippen LogP) is 5.64. The zero-order valence-corrected chi connectivity index (χ0v) is 21.4. The lowest BCUT2D eigenvalue weighted by molar-refractivity contribution is -0.156. The summed E-state index contributed by atoms with van der Waals surface area (Å²) in [6.07, 6.45) is 0. The Kier molecular flexibility index (Phi) is 3.75. The van der Waals surface area contributed by atoms with Crippen LogP contribution < -0.4 is 9.47 Å². The largest absolute Gasteiger partial charge is 0.496 e. The number of ether oxygens (including phenoxy) is 3. The third-order valence-corrected chi connectivity index (χ3v) is 10.4. The van der Waals surface area contributed by atoms with E-state index in [2.05, 4.69) is 36.4 Å². The molecule has 6 aliphatic carbocycles. The van der Waals surface area contributed by atoms with Gasteiger partial charge < -0.3 is 14.2 Å². The Morgan fingerprint density at radius 2 is 0.821 bits per heavy atom. The van der Waals surface area contributed by atoms with Crippen LogP contribution in [0, 0.1) is 10.8 Å². The topological polar surface area (TPSA) is 61.8 Å². The number of esters is 2. The molecule has 39 heavy (non-hydrogen) atoms. The molecule has 11 rings (SSSR count). The lowest BCUT2D eigenvalue weighted by Crippen LogP contribution is -2.67. The molecule has 0 amide bonds. The lowest BCUT2D eigenvalue weighted by Gasteiger charge is -2.68. The summed E-state index contributed by atoms with van der Waals surface area (Å²) in [5.41, 5.74) is 6.10. The second-order valence-corrected chi connectivity index (χ2v) is 11.3. The monoisotopic (exact) mass is 512 g/mol. The number of hydrogen-bond donors (Lipinski definition) is 0. The predicted molar refractivity (Wildman–Crippen MR) is 142 cm³/mol. The third-order valence-electron chi connectivity index (χ3n) is 10.4. The Balaban J connectivity index is 1.55. The standard InChI is InChI=1S/C34H24O5/c1-37-23-15-16-24(38-2)26-25(23)29-21-13-7-8-14-22(21)30(26)34-28-19-11-5-3-9-17(19)27(18-10-4-6-12-20(18)28)33(29,34)31(35)39-32(34)36/h3-16,27-30H,1-2H3/t27?,28?,29-,30+,33-,34+. The minimum Gasteiger partial charge on any atom is -0.496 e. The number of methoxy groups -OCH3 is 2. The van der Waals surface area contributed by atoms with Crippen molar-refractivity contribution in [2.45, 2.75) is 23.7 Å². The maximum Gasteiger partial charge on any atom is 0.322 e. The summed E-state index contributed by atoms with van der Waals surface area (Å²) in [6.45, 7) is 0. The van der Waals surface area contributed by atoms with Crippen molar-refractivity contribution in [1.82, 2.24) is 0 Å². The second-order valence-electron chi connectivity index (χ2n) is 11.3. The van der Waals surface area contributed by atoms with Crippen molar-refractivity contribution in [1.29, 1.82) is 0 Å². The molecule has 4 atom stereocenters. The summed E-state index contributed by atoms with van der Waals surface area (Å²) >= 11 is 0. The molecular weight excluding hydrogens is 488 g/mol. The van der Waals surface area contributed by atoms with E-state index in [1.165, 1.54) is 0 Å². The molecule has 1 fully saturated rings. The van der Waals surface area contributed by atoms with Crippen LogP contribution in [0.1, 0.15) is 68.2 Å². The fourth-order valence-electron chi connectivity index (χ4n) is 9.58. The number of cyclic esters (lactones) is 2. The van der Waals surface area contributed by atoms with Gasteiger partial charge in [-0.3, -0.25) is 9.59 Å². The van der Waals surface area contributed by atoms with Gasteiger partial charge in [0.2, 0.25) is 0 Å². The molecule has 0 spiro atoms. The Morgan fingerprint density at radius 3 is 1.13 bits per heavy atom. The molecule has 0 unspecified atom stereocenters. The highest BCUT2D eigenvalue weighted by atomic mass is 16.6. The minimum absolute atomic E-state index is 0.348. The van der Waals surface area contributed by atoms with E-state index in [4.69, 9.17) is 14.2 Å². The molecule has 7 aliphatic rings. The Hall–Kier alpha value is -4.38. The first-order chi connectivity index (χ1) is 19.1. The fraction of sp³-hybridized carbons (Fsp3) is 0.235. The number of rotatable bonds is 2. The van der Waals surface area contributed by atoms with Crippen LogP contribution in [0.5, 0.6) is 11.5 Å². The first-order valence-corrected chi connectivity index (χ1v) is 13.4. The molecule has 4 bridgehead atoms. The van der Waals surface area contributed by atoms with E-state index in [-0.39, 0.29) is 11.8 Å². The van der Waals surface area contributed by atoms with Gasteiger partial charge in [-0.25, -0.2) is 0 Å². The smallest absolute Gasteiger partial charge is 0.322 e. The average molecular weight is 513 g/mol. The van der Waals surface area contributed by atoms with Crippen molar-refractivity contribution >= 4 is 11.9 Å². The van der Waals surface area contributed by atoms with Crippen molar-refractivity contribution in [2.75, 3.05) is 14.2 Å². The molecular formula is C34H24O5. The first-order valence-electron chi connectivity index (χ1n) is 13.4. The van der Waals surface area contributed by atoms with E-state index in [1.54, 1.807) is 14.2 Å². The zero-order chi connectivity index (χ0) is 26.3. The number of benzene rings is 4. The molecule has 0 radical (unpaired) electrons. The second kappa shape index (κ2) is 6.78. The summed E-state index contributed by atoms with van der Waals surface area (Å²) < 4.78 is 17.9. The summed E-state index contributed by atoms with van der Waals surface area (Å²) in [7, 11) is 3.33. The highest BCUT2D eigenvalue weighted by Gasteiger charge is 2.87. The van der Waals surface area contributed by atoms with Crippen molar-refractivity contribution < 1.29 is 23.8 Å². The van der Waals surface area contributed by atoms with Crippen LogP contribution in [0.4, 0.5) is 0 Å². The van der Waals surface area contributed by atoms with Crippen molar-refractivity contribution in [2.24, 2.45) is 10.8 Å². The van der Waals surface area contributed by atoms with Gasteiger partial charge in [0.1, 0.15) is 22.3 Å². The van der Waals surface area contributed by atoms with Crippen LogP contribution in [0.3, 0.4) is 0 Å². The molecule has 0 N–H and O–H groups in total.